The van der Waals surface area contributed by atoms with Crippen LogP contribution in [-0.4, -0.2) is 19.1 Å². The summed E-state index contributed by atoms with van der Waals surface area (Å²) in [4.78, 5) is 12.2. The number of halogens is 4. The third-order valence-corrected chi connectivity index (χ3v) is 3.62. The number of carbonyl (C=O) groups excluding carboxylic acids is 1. The van der Waals surface area contributed by atoms with Gasteiger partial charge < -0.3 is 14.8 Å². The van der Waals surface area contributed by atoms with Gasteiger partial charge in [0.05, 0.1) is 23.4 Å². The van der Waals surface area contributed by atoms with E-state index in [0.717, 1.165) is 18.2 Å². The van der Waals surface area contributed by atoms with Crippen LogP contribution in [0, 0.1) is 0 Å². The zero-order chi connectivity index (χ0) is 18.6. The lowest BCUT2D eigenvalue weighted by atomic mass is 10.2. The molecule has 0 radical (unpaired) electrons. The van der Waals surface area contributed by atoms with Crippen molar-refractivity contribution in [2.24, 2.45) is 0 Å². The highest BCUT2D eigenvalue weighted by molar-refractivity contribution is 6.33. The van der Waals surface area contributed by atoms with Gasteiger partial charge in [-0.05, 0) is 37.3 Å². The minimum absolute atomic E-state index is 0.00848. The maximum Gasteiger partial charge on any atom is 0.416 e. The largest absolute Gasteiger partial charge is 0.493 e. The average Bonchev–Trinajstić information content (AvgIpc) is 2.56. The smallest absolute Gasteiger partial charge is 0.416 e. The summed E-state index contributed by atoms with van der Waals surface area (Å²) in [5.74, 6) is 0.120. The van der Waals surface area contributed by atoms with Crippen LogP contribution in [-0.2, 0) is 11.0 Å². The standard InChI is InChI=1S/C17H15ClF3NO3/c1-10(25-15-6-4-3-5-14(15)24-2)16(23)22-13-9-11(17(19,20)21)7-8-12(13)18/h3-10H,1-2H3,(H,22,23)/t10-/m1/s1. The van der Waals surface area contributed by atoms with E-state index in [-0.39, 0.29) is 10.7 Å². The lowest BCUT2D eigenvalue weighted by molar-refractivity contribution is -0.137. The van der Waals surface area contributed by atoms with Gasteiger partial charge in [0.2, 0.25) is 0 Å². The SMILES string of the molecule is COc1ccccc1O[C@H](C)C(=O)Nc1cc(C(F)(F)F)ccc1Cl. The Morgan fingerprint density at radius 1 is 1.16 bits per heavy atom. The number of para-hydroxylation sites is 2. The molecule has 4 nitrogen and oxygen atoms in total. The van der Waals surface area contributed by atoms with Gasteiger partial charge in [0.1, 0.15) is 0 Å². The molecule has 2 aromatic rings. The Morgan fingerprint density at radius 2 is 1.80 bits per heavy atom. The first-order valence-electron chi connectivity index (χ1n) is 7.19. The van der Waals surface area contributed by atoms with Gasteiger partial charge in [0.25, 0.3) is 5.91 Å². The molecule has 0 unspecified atom stereocenters. The Balaban J connectivity index is 2.14. The number of rotatable bonds is 5. The van der Waals surface area contributed by atoms with Crippen molar-refractivity contribution < 1.29 is 27.4 Å². The normalized spacial score (nSPS) is 12.4. The summed E-state index contributed by atoms with van der Waals surface area (Å²) < 4.78 is 48.9. The van der Waals surface area contributed by atoms with E-state index < -0.39 is 23.8 Å². The summed E-state index contributed by atoms with van der Waals surface area (Å²) in [6.45, 7) is 1.46. The van der Waals surface area contributed by atoms with Gasteiger partial charge in [-0.2, -0.15) is 13.2 Å². The highest BCUT2D eigenvalue weighted by Gasteiger charge is 2.31. The van der Waals surface area contributed by atoms with E-state index >= 15 is 0 Å². The van der Waals surface area contributed by atoms with E-state index in [0.29, 0.717) is 11.5 Å². The second-order valence-electron chi connectivity index (χ2n) is 5.09. The van der Waals surface area contributed by atoms with Gasteiger partial charge in [0.15, 0.2) is 17.6 Å². The number of benzene rings is 2. The molecule has 1 atom stereocenters. The highest BCUT2D eigenvalue weighted by atomic mass is 35.5. The average molecular weight is 374 g/mol. The number of alkyl halides is 3. The van der Waals surface area contributed by atoms with Crippen molar-refractivity contribution >= 4 is 23.2 Å². The molecule has 0 aliphatic carbocycles. The number of amides is 1. The molecule has 0 bridgehead atoms. The molecule has 25 heavy (non-hydrogen) atoms. The van der Waals surface area contributed by atoms with Crippen LogP contribution in [0.1, 0.15) is 12.5 Å². The monoisotopic (exact) mass is 373 g/mol. The number of ether oxygens (including phenoxy) is 2. The quantitative estimate of drug-likeness (QED) is 0.821. The number of methoxy groups -OCH3 is 1. The molecule has 1 amide bonds. The van der Waals surface area contributed by atoms with Crippen molar-refractivity contribution in [3.8, 4) is 11.5 Å². The van der Waals surface area contributed by atoms with E-state index in [1.165, 1.54) is 14.0 Å². The van der Waals surface area contributed by atoms with Crippen LogP contribution in [0.25, 0.3) is 0 Å². The van der Waals surface area contributed by atoms with Gasteiger partial charge in [-0.1, -0.05) is 23.7 Å². The minimum atomic E-state index is -4.54. The first kappa shape index (κ1) is 18.9. The van der Waals surface area contributed by atoms with Gasteiger partial charge in [-0.3, -0.25) is 4.79 Å². The van der Waals surface area contributed by atoms with Crippen molar-refractivity contribution in [1.82, 2.24) is 0 Å². The van der Waals surface area contributed by atoms with Crippen molar-refractivity contribution in [3.05, 3.63) is 53.1 Å². The Labute approximate surface area is 147 Å². The fourth-order valence-corrected chi connectivity index (χ4v) is 2.16. The summed E-state index contributed by atoms with van der Waals surface area (Å²) >= 11 is 5.86. The molecule has 0 aliphatic heterocycles. The molecule has 0 saturated carbocycles. The van der Waals surface area contributed by atoms with E-state index in [4.69, 9.17) is 21.1 Å². The van der Waals surface area contributed by atoms with Crippen molar-refractivity contribution in [2.45, 2.75) is 19.2 Å². The predicted octanol–water partition coefficient (Wildman–Crippen LogP) is 4.77. The maximum absolute atomic E-state index is 12.8. The molecule has 0 saturated heterocycles. The van der Waals surface area contributed by atoms with Crippen LogP contribution in [0.5, 0.6) is 11.5 Å². The fraction of sp³-hybridized carbons (Fsp3) is 0.235. The number of hydrogen-bond donors (Lipinski definition) is 1. The van der Waals surface area contributed by atoms with Crippen molar-refractivity contribution in [2.75, 3.05) is 12.4 Å². The highest BCUT2D eigenvalue weighted by Crippen LogP contribution is 2.34. The third kappa shape index (κ3) is 4.79. The van der Waals surface area contributed by atoms with Crippen LogP contribution in [0.4, 0.5) is 18.9 Å². The van der Waals surface area contributed by atoms with Crippen molar-refractivity contribution in [3.63, 3.8) is 0 Å². The van der Waals surface area contributed by atoms with Gasteiger partial charge in [-0.25, -0.2) is 0 Å². The summed E-state index contributed by atoms with van der Waals surface area (Å²) in [7, 11) is 1.45. The van der Waals surface area contributed by atoms with Crippen LogP contribution < -0.4 is 14.8 Å². The molecule has 2 rings (SSSR count). The molecule has 134 valence electrons. The molecule has 1 N–H and O–H groups in total. The molecule has 2 aromatic carbocycles. The predicted molar refractivity (Wildman–Crippen MR) is 88.2 cm³/mol. The number of carbonyl (C=O) groups is 1. The molecular weight excluding hydrogens is 359 g/mol. The Bertz CT molecular complexity index is 765. The van der Waals surface area contributed by atoms with Gasteiger partial charge in [-0.15, -0.1) is 0 Å². The first-order chi connectivity index (χ1) is 11.7. The molecule has 0 spiro atoms. The molecule has 0 aliphatic rings. The zero-order valence-corrected chi connectivity index (χ0v) is 14.1. The van der Waals surface area contributed by atoms with E-state index in [9.17, 15) is 18.0 Å². The number of hydrogen-bond acceptors (Lipinski definition) is 3. The molecular formula is C17H15ClF3NO3. The number of nitrogens with one attached hydrogen (secondary N) is 1. The van der Waals surface area contributed by atoms with Gasteiger partial charge >= 0.3 is 6.18 Å². The molecule has 0 heterocycles. The van der Waals surface area contributed by atoms with E-state index in [1.807, 2.05) is 0 Å². The molecule has 0 aromatic heterocycles. The third-order valence-electron chi connectivity index (χ3n) is 3.29. The summed E-state index contributed by atoms with van der Waals surface area (Å²) in [6.07, 6.45) is -5.52. The topological polar surface area (TPSA) is 47.6 Å². The van der Waals surface area contributed by atoms with Crippen LogP contribution in [0.3, 0.4) is 0 Å². The second-order valence-corrected chi connectivity index (χ2v) is 5.50. The Kier molecular flexibility index (Phi) is 5.79. The van der Waals surface area contributed by atoms with E-state index in [2.05, 4.69) is 5.32 Å². The summed E-state index contributed by atoms with van der Waals surface area (Å²) in [5.41, 5.74) is -1.05. The minimum Gasteiger partial charge on any atom is -0.493 e. The summed E-state index contributed by atoms with van der Waals surface area (Å²) in [5, 5.41) is 2.34. The Hall–Kier alpha value is -2.41. The zero-order valence-electron chi connectivity index (χ0n) is 13.4. The second kappa shape index (κ2) is 7.65. The maximum atomic E-state index is 12.8. The number of anilines is 1. The molecule has 0 fully saturated rings. The Morgan fingerprint density at radius 3 is 2.40 bits per heavy atom. The first-order valence-corrected chi connectivity index (χ1v) is 7.57. The lowest BCUT2D eigenvalue weighted by Crippen LogP contribution is -2.30. The lowest BCUT2D eigenvalue weighted by Gasteiger charge is -2.17. The van der Waals surface area contributed by atoms with Crippen LogP contribution in [0.15, 0.2) is 42.5 Å². The van der Waals surface area contributed by atoms with E-state index in [1.54, 1.807) is 24.3 Å². The van der Waals surface area contributed by atoms with Crippen LogP contribution >= 0.6 is 11.6 Å². The fourth-order valence-electron chi connectivity index (χ4n) is 1.99. The van der Waals surface area contributed by atoms with Gasteiger partial charge in [0, 0.05) is 0 Å². The van der Waals surface area contributed by atoms with Crippen molar-refractivity contribution in [1.29, 1.82) is 0 Å². The van der Waals surface area contributed by atoms with Crippen LogP contribution in [0.2, 0.25) is 5.02 Å². The molecule has 8 heteroatoms. The summed E-state index contributed by atoms with van der Waals surface area (Å²) in [6, 6.07) is 9.39.